The lowest BCUT2D eigenvalue weighted by molar-refractivity contribution is 0.269. The van der Waals surface area contributed by atoms with Crippen LogP contribution in [0, 0.1) is 6.92 Å². The Labute approximate surface area is 68.2 Å². The van der Waals surface area contributed by atoms with Crippen LogP contribution in [0.25, 0.3) is 0 Å². The van der Waals surface area contributed by atoms with Crippen molar-refractivity contribution in [3.8, 4) is 0 Å². The summed E-state index contributed by atoms with van der Waals surface area (Å²) in [6.07, 6.45) is 0. The van der Waals surface area contributed by atoms with Crippen molar-refractivity contribution in [2.75, 3.05) is 5.32 Å². The second-order valence-electron chi connectivity index (χ2n) is 2.30. The molecule has 0 bridgehead atoms. The molecule has 0 aliphatic heterocycles. The van der Waals surface area contributed by atoms with Crippen LogP contribution in [0.3, 0.4) is 0 Å². The minimum Gasteiger partial charge on any atom is -0.323 e. The van der Waals surface area contributed by atoms with Gasteiger partial charge in [0.05, 0.1) is 0 Å². The van der Waals surface area contributed by atoms with Gasteiger partial charge in [-0.3, -0.25) is 4.79 Å². The predicted octanol–water partition coefficient (Wildman–Crippen LogP) is 2.40. The number of hydrogen-bond acceptors (Lipinski definition) is 1. The molecule has 0 saturated carbocycles. The number of carbonyl (C=O) groups is 1. The molecule has 0 radical (unpaired) electrons. The third-order valence-electron chi connectivity index (χ3n) is 1.40. The van der Waals surface area contributed by atoms with Gasteiger partial charge in [-0.2, -0.15) is 0 Å². The Bertz CT molecular complexity index is 273. The summed E-state index contributed by atoms with van der Waals surface area (Å²) in [5.74, 6) is 0. The smallest absolute Gasteiger partial charge is 0.239 e. The van der Waals surface area contributed by atoms with E-state index in [9.17, 15) is 4.79 Å². The van der Waals surface area contributed by atoms with Gasteiger partial charge in [-0.05, 0) is 27.8 Å². The van der Waals surface area contributed by atoms with Crippen LogP contribution in [0.2, 0.25) is 0 Å². The quantitative estimate of drug-likeness (QED) is 0.639. The van der Waals surface area contributed by atoms with Gasteiger partial charge >= 0.3 is 0 Å². The first-order valence-electron chi connectivity index (χ1n) is 3.32. The molecule has 11 heavy (non-hydrogen) atoms. The van der Waals surface area contributed by atoms with Crippen molar-refractivity contribution in [1.29, 1.82) is 0 Å². The Morgan fingerprint density at radius 1 is 1.45 bits per heavy atom. The molecule has 1 aromatic carbocycles. The highest BCUT2D eigenvalue weighted by molar-refractivity contribution is 7.40. The highest BCUT2D eigenvalue weighted by Gasteiger charge is 1.96. The molecule has 1 unspecified atom stereocenters. The maximum Gasteiger partial charge on any atom is 0.239 e. The van der Waals surface area contributed by atoms with Crippen LogP contribution in [0.4, 0.5) is 10.5 Å². The molecule has 1 atom stereocenters. The molecule has 0 heterocycles. The van der Waals surface area contributed by atoms with E-state index in [4.69, 9.17) is 0 Å². The first kappa shape index (κ1) is 8.22. The third kappa shape index (κ3) is 2.32. The monoisotopic (exact) mass is 167 g/mol. The van der Waals surface area contributed by atoms with Crippen LogP contribution in [0.15, 0.2) is 24.3 Å². The number of aryl methyl sites for hydroxylation is 1. The molecule has 0 aliphatic carbocycles. The molecule has 0 aliphatic rings. The predicted molar refractivity (Wildman–Crippen MR) is 49.9 cm³/mol. The SMILES string of the molecule is Cc1ccccc1NC(=O)P. The zero-order valence-electron chi connectivity index (χ0n) is 6.29. The van der Waals surface area contributed by atoms with Crippen LogP contribution in [-0.4, -0.2) is 5.65 Å². The number of carbonyl (C=O) groups excluding carboxylic acids is 1. The minimum absolute atomic E-state index is 0.112. The molecule has 3 heteroatoms. The average Bonchev–Trinajstić information content (AvgIpc) is 1.93. The zero-order chi connectivity index (χ0) is 8.27. The zero-order valence-corrected chi connectivity index (χ0v) is 7.45. The first-order valence-corrected chi connectivity index (χ1v) is 3.90. The molecule has 1 aromatic rings. The fourth-order valence-electron chi connectivity index (χ4n) is 0.846. The second-order valence-corrected chi connectivity index (χ2v) is 2.83. The van der Waals surface area contributed by atoms with E-state index in [0.29, 0.717) is 0 Å². The summed E-state index contributed by atoms with van der Waals surface area (Å²) < 4.78 is 0. The lowest BCUT2D eigenvalue weighted by Gasteiger charge is -2.03. The molecule has 2 nitrogen and oxygen atoms in total. The normalized spacial score (nSPS) is 9.27. The first-order chi connectivity index (χ1) is 5.20. The molecule has 0 saturated heterocycles. The van der Waals surface area contributed by atoms with Gasteiger partial charge in [-0.15, -0.1) is 0 Å². The highest BCUT2D eigenvalue weighted by Crippen LogP contribution is 2.13. The molecule has 0 fully saturated rings. The fourth-order valence-corrected chi connectivity index (χ4v) is 1.00. The van der Waals surface area contributed by atoms with E-state index in [-0.39, 0.29) is 5.65 Å². The van der Waals surface area contributed by atoms with Gasteiger partial charge in [0.25, 0.3) is 0 Å². The average molecular weight is 167 g/mol. The number of anilines is 1. The molecule has 1 rings (SSSR count). The van der Waals surface area contributed by atoms with Gasteiger partial charge in [0, 0.05) is 5.69 Å². The molecule has 0 spiro atoms. The summed E-state index contributed by atoms with van der Waals surface area (Å²) in [5.41, 5.74) is 1.83. The fraction of sp³-hybridized carbons (Fsp3) is 0.125. The molecule has 58 valence electrons. The van der Waals surface area contributed by atoms with Gasteiger partial charge in [0.1, 0.15) is 0 Å². The van der Waals surface area contributed by atoms with E-state index in [1.165, 1.54) is 0 Å². The topological polar surface area (TPSA) is 29.1 Å². The van der Waals surface area contributed by atoms with Crippen LogP contribution < -0.4 is 5.32 Å². The Hall–Kier alpha value is -0.880. The van der Waals surface area contributed by atoms with Gasteiger partial charge in [0.15, 0.2) is 0 Å². The van der Waals surface area contributed by atoms with Crippen LogP contribution >= 0.6 is 9.24 Å². The molecular weight excluding hydrogens is 157 g/mol. The Morgan fingerprint density at radius 2 is 2.09 bits per heavy atom. The summed E-state index contributed by atoms with van der Waals surface area (Å²) >= 11 is 0. The van der Waals surface area contributed by atoms with Gasteiger partial charge in [-0.25, -0.2) is 0 Å². The van der Waals surface area contributed by atoms with E-state index in [1.807, 2.05) is 31.2 Å². The van der Waals surface area contributed by atoms with Crippen molar-refractivity contribution < 1.29 is 4.79 Å². The molecule has 1 N–H and O–H groups in total. The second kappa shape index (κ2) is 3.49. The van der Waals surface area contributed by atoms with Crippen LogP contribution in [0.5, 0.6) is 0 Å². The summed E-state index contributed by atoms with van der Waals surface area (Å²) in [6, 6.07) is 7.66. The number of amides is 1. The number of rotatable bonds is 1. The Balaban J connectivity index is 2.86. The third-order valence-corrected chi connectivity index (χ3v) is 1.55. The van der Waals surface area contributed by atoms with E-state index in [0.717, 1.165) is 11.3 Å². The van der Waals surface area contributed by atoms with Crippen molar-refractivity contribution in [3.63, 3.8) is 0 Å². The van der Waals surface area contributed by atoms with Gasteiger partial charge in [-0.1, -0.05) is 18.2 Å². The summed E-state index contributed by atoms with van der Waals surface area (Å²) in [5, 5.41) is 2.70. The largest absolute Gasteiger partial charge is 0.323 e. The lowest BCUT2D eigenvalue weighted by Crippen LogP contribution is -2.01. The van der Waals surface area contributed by atoms with E-state index in [2.05, 4.69) is 14.6 Å². The Morgan fingerprint density at radius 3 is 2.64 bits per heavy atom. The lowest BCUT2D eigenvalue weighted by atomic mass is 10.2. The highest BCUT2D eigenvalue weighted by atomic mass is 31.0. The van der Waals surface area contributed by atoms with Crippen molar-refractivity contribution in [3.05, 3.63) is 29.8 Å². The maximum atomic E-state index is 10.6. The van der Waals surface area contributed by atoms with E-state index < -0.39 is 0 Å². The summed E-state index contributed by atoms with van der Waals surface area (Å²) in [6.45, 7) is 1.95. The maximum absolute atomic E-state index is 10.6. The van der Waals surface area contributed by atoms with Gasteiger partial charge < -0.3 is 5.32 Å². The number of benzene rings is 1. The summed E-state index contributed by atoms with van der Waals surface area (Å²) in [7, 11) is 2.08. The van der Waals surface area contributed by atoms with Crippen LogP contribution in [-0.2, 0) is 0 Å². The molecule has 1 amide bonds. The summed E-state index contributed by atoms with van der Waals surface area (Å²) in [4.78, 5) is 10.6. The van der Waals surface area contributed by atoms with Gasteiger partial charge in [0.2, 0.25) is 5.65 Å². The van der Waals surface area contributed by atoms with Crippen molar-refractivity contribution in [1.82, 2.24) is 0 Å². The van der Waals surface area contributed by atoms with Crippen molar-refractivity contribution >= 4 is 20.6 Å². The Kier molecular flexibility index (Phi) is 2.61. The standard InChI is InChI=1S/C8H10NOP/c1-6-4-2-3-5-7(6)9-8(10)11/h2-5H,11H2,1H3,(H,9,10). The van der Waals surface area contributed by atoms with E-state index >= 15 is 0 Å². The molecular formula is C8H10NOP. The van der Waals surface area contributed by atoms with Crippen LogP contribution in [0.1, 0.15) is 5.56 Å². The number of nitrogens with one attached hydrogen (secondary N) is 1. The number of hydrogen-bond donors (Lipinski definition) is 1. The number of para-hydroxylation sites is 1. The van der Waals surface area contributed by atoms with Crippen molar-refractivity contribution in [2.45, 2.75) is 6.92 Å². The van der Waals surface area contributed by atoms with E-state index in [1.54, 1.807) is 0 Å². The minimum atomic E-state index is -0.112. The van der Waals surface area contributed by atoms with Crippen molar-refractivity contribution in [2.24, 2.45) is 0 Å². The molecule has 0 aromatic heterocycles.